The minimum absolute atomic E-state index is 0.0415. The van der Waals surface area contributed by atoms with E-state index in [2.05, 4.69) is 53.1 Å². The van der Waals surface area contributed by atoms with Gasteiger partial charge in [0.25, 0.3) is 0 Å². The highest BCUT2D eigenvalue weighted by Gasteiger charge is 2.30. The van der Waals surface area contributed by atoms with Crippen molar-refractivity contribution >= 4 is 35.0 Å². The Kier molecular flexibility index (Phi) is 6.95. The number of aromatic carboxylic acids is 1. The number of nitrogens with two attached hydrogens (primary N) is 1. The largest absolute Gasteiger partial charge is 0.478 e. The highest BCUT2D eigenvalue weighted by Crippen LogP contribution is 2.39. The molecule has 1 saturated carbocycles. The van der Waals surface area contributed by atoms with Gasteiger partial charge in [-0.05, 0) is 50.8 Å². The Balaban J connectivity index is 1.83. The number of fused-ring (bicyclic) bond motifs is 1. The highest BCUT2D eigenvalue weighted by molar-refractivity contribution is 6.33. The van der Waals surface area contributed by atoms with Crippen LogP contribution >= 0.6 is 11.6 Å². The topological polar surface area (TPSA) is 131 Å². The summed E-state index contributed by atoms with van der Waals surface area (Å²) in [5.41, 5.74) is 9.55. The standard InChI is InChI=1S/C24H32ClN7O2/c1-12(2)19-21-20(31-30-19)22(27-14-9-10-15(23(33)34)16(25)11-14)29-24(32(21)13(3)4)28-18-8-6-5-7-17(18)26/h9-13,17-18,27H,5-8,26H2,1-4H3,(H,28,29)(H,33,34). The molecule has 1 fully saturated rings. The third-order valence-corrected chi connectivity index (χ3v) is 6.61. The van der Waals surface area contributed by atoms with Crippen molar-refractivity contribution in [2.24, 2.45) is 5.73 Å². The summed E-state index contributed by atoms with van der Waals surface area (Å²) in [6.07, 6.45) is 4.25. The number of hydrogen-bond acceptors (Lipinski definition) is 7. The Labute approximate surface area is 204 Å². The van der Waals surface area contributed by atoms with E-state index in [-0.39, 0.29) is 34.6 Å². The van der Waals surface area contributed by atoms with E-state index in [0.717, 1.165) is 37.1 Å². The number of aromatic nitrogens is 4. The van der Waals surface area contributed by atoms with Crippen LogP contribution in [0.25, 0.3) is 11.4 Å². The van der Waals surface area contributed by atoms with Gasteiger partial charge in [-0.3, -0.25) is 0 Å². The van der Waals surface area contributed by atoms with Crippen LogP contribution in [0.5, 0.6) is 0 Å². The number of nitrogens with zero attached hydrogens (tertiary/aromatic N) is 4. The second-order valence-corrected chi connectivity index (χ2v) is 9.92. The van der Waals surface area contributed by atoms with Crippen molar-refractivity contribution in [3.63, 3.8) is 0 Å². The van der Waals surface area contributed by atoms with Gasteiger partial charge in [0, 0.05) is 23.8 Å². The molecule has 3 aliphatic rings. The zero-order valence-corrected chi connectivity index (χ0v) is 20.7. The molecule has 0 bridgehead atoms. The maximum atomic E-state index is 11.3. The Morgan fingerprint density at radius 1 is 1.21 bits per heavy atom. The monoisotopic (exact) mass is 485 g/mol. The molecule has 5 N–H and O–H groups in total. The summed E-state index contributed by atoms with van der Waals surface area (Å²) in [4.78, 5) is 16.3. The highest BCUT2D eigenvalue weighted by atomic mass is 35.5. The number of benzene rings is 1. The lowest BCUT2D eigenvalue weighted by Crippen LogP contribution is -2.43. The van der Waals surface area contributed by atoms with E-state index >= 15 is 0 Å². The molecular weight excluding hydrogens is 454 g/mol. The average Bonchev–Trinajstić information content (AvgIpc) is 3.20. The van der Waals surface area contributed by atoms with Gasteiger partial charge in [0.15, 0.2) is 11.5 Å². The number of hydrogen-bond donors (Lipinski definition) is 4. The first-order valence-corrected chi connectivity index (χ1v) is 12.2. The molecule has 34 heavy (non-hydrogen) atoms. The van der Waals surface area contributed by atoms with E-state index in [1.165, 1.54) is 6.07 Å². The van der Waals surface area contributed by atoms with Crippen molar-refractivity contribution in [1.82, 2.24) is 19.7 Å². The second kappa shape index (κ2) is 9.76. The maximum Gasteiger partial charge on any atom is 0.337 e. The van der Waals surface area contributed by atoms with Gasteiger partial charge >= 0.3 is 5.97 Å². The predicted octanol–water partition coefficient (Wildman–Crippen LogP) is 5.26. The molecule has 1 aromatic carbocycles. The van der Waals surface area contributed by atoms with Crippen LogP contribution in [0.15, 0.2) is 18.2 Å². The first-order valence-electron chi connectivity index (χ1n) is 11.8. The van der Waals surface area contributed by atoms with Crippen molar-refractivity contribution < 1.29 is 9.90 Å². The van der Waals surface area contributed by atoms with Crippen molar-refractivity contribution in [2.75, 3.05) is 10.6 Å². The van der Waals surface area contributed by atoms with Crippen LogP contribution in [0.3, 0.4) is 0 Å². The first-order chi connectivity index (χ1) is 16.2. The number of rotatable bonds is 7. The first kappa shape index (κ1) is 24.2. The Morgan fingerprint density at radius 3 is 2.56 bits per heavy atom. The molecule has 2 aliphatic heterocycles. The summed E-state index contributed by atoms with van der Waals surface area (Å²) in [7, 11) is 0. The van der Waals surface area contributed by atoms with E-state index in [1.54, 1.807) is 12.1 Å². The van der Waals surface area contributed by atoms with Crippen LogP contribution in [-0.2, 0) is 0 Å². The van der Waals surface area contributed by atoms with Gasteiger partial charge in [-0.1, -0.05) is 38.3 Å². The number of carbonyl (C=O) groups is 1. The van der Waals surface area contributed by atoms with Crippen LogP contribution in [0.2, 0.25) is 5.02 Å². The minimum atomic E-state index is -1.08. The second-order valence-electron chi connectivity index (χ2n) is 9.51. The molecule has 9 nitrogen and oxygen atoms in total. The van der Waals surface area contributed by atoms with E-state index in [4.69, 9.17) is 22.3 Å². The van der Waals surface area contributed by atoms with Gasteiger partial charge in [0.05, 0.1) is 22.0 Å². The lowest BCUT2D eigenvalue weighted by Gasteiger charge is -2.32. The molecule has 4 rings (SSSR count). The maximum absolute atomic E-state index is 11.3. The molecule has 2 atom stereocenters. The number of carboxylic acids is 1. The van der Waals surface area contributed by atoms with Gasteiger partial charge in [-0.25, -0.2) is 4.79 Å². The van der Waals surface area contributed by atoms with Crippen molar-refractivity contribution in [1.29, 1.82) is 0 Å². The van der Waals surface area contributed by atoms with Gasteiger partial charge in [-0.2, -0.15) is 10.1 Å². The zero-order valence-electron chi connectivity index (χ0n) is 20.0. The van der Waals surface area contributed by atoms with Crippen molar-refractivity contribution in [2.45, 2.75) is 77.4 Å². The number of anilines is 3. The molecular formula is C24H32ClN7O2. The molecule has 0 saturated heterocycles. The smallest absolute Gasteiger partial charge is 0.337 e. The fourth-order valence-corrected chi connectivity index (χ4v) is 4.79. The van der Waals surface area contributed by atoms with Crippen LogP contribution in [-0.4, -0.2) is 42.9 Å². The molecule has 0 aromatic heterocycles. The van der Waals surface area contributed by atoms with E-state index in [0.29, 0.717) is 23.1 Å². The Bertz CT molecular complexity index is 1160. The average molecular weight is 486 g/mol. The lowest BCUT2D eigenvalue weighted by molar-refractivity contribution is 0.0697. The summed E-state index contributed by atoms with van der Waals surface area (Å²) in [5.74, 6) is 0.322. The summed E-state index contributed by atoms with van der Waals surface area (Å²) in [6, 6.07) is 5.00. The lowest BCUT2D eigenvalue weighted by atomic mass is 9.91. The predicted molar refractivity (Wildman–Crippen MR) is 134 cm³/mol. The molecule has 0 radical (unpaired) electrons. The van der Waals surface area contributed by atoms with Crippen LogP contribution < -0.4 is 16.4 Å². The molecule has 2 heterocycles. The molecule has 0 spiro atoms. The van der Waals surface area contributed by atoms with Crippen LogP contribution in [0.1, 0.15) is 81.4 Å². The van der Waals surface area contributed by atoms with Gasteiger partial charge in [0.1, 0.15) is 0 Å². The van der Waals surface area contributed by atoms with Crippen molar-refractivity contribution in [3.8, 4) is 11.4 Å². The third kappa shape index (κ3) is 4.67. The summed E-state index contributed by atoms with van der Waals surface area (Å²) >= 11 is 6.20. The van der Waals surface area contributed by atoms with Gasteiger partial charge < -0.3 is 26.0 Å². The number of halogens is 1. The van der Waals surface area contributed by atoms with Crippen LogP contribution in [0.4, 0.5) is 17.5 Å². The fourth-order valence-electron chi connectivity index (χ4n) is 4.52. The van der Waals surface area contributed by atoms with E-state index < -0.39 is 5.97 Å². The van der Waals surface area contributed by atoms with Gasteiger partial charge in [-0.15, -0.1) is 5.10 Å². The number of nitrogens with one attached hydrogen (secondary N) is 2. The summed E-state index contributed by atoms with van der Waals surface area (Å²) in [5, 5.41) is 25.3. The molecule has 2 unspecified atom stereocenters. The molecule has 0 amide bonds. The van der Waals surface area contributed by atoms with E-state index in [9.17, 15) is 9.90 Å². The molecule has 1 aromatic rings. The molecule has 182 valence electrons. The van der Waals surface area contributed by atoms with Gasteiger partial charge in [0.2, 0.25) is 5.95 Å². The normalized spacial score (nSPS) is 18.6. The van der Waals surface area contributed by atoms with Crippen molar-refractivity contribution in [3.05, 3.63) is 34.5 Å². The summed E-state index contributed by atoms with van der Waals surface area (Å²) in [6.45, 7) is 8.41. The summed E-state index contributed by atoms with van der Waals surface area (Å²) < 4.78 is 2.15. The fraction of sp³-hybridized carbons (Fsp3) is 0.500. The Hall–Kier alpha value is -2.91. The molecule has 1 aliphatic carbocycles. The Morgan fingerprint density at radius 2 is 1.94 bits per heavy atom. The molecule has 10 heteroatoms. The number of carboxylic acid groups (broad SMARTS) is 1. The third-order valence-electron chi connectivity index (χ3n) is 6.30. The minimum Gasteiger partial charge on any atom is -0.478 e. The van der Waals surface area contributed by atoms with E-state index in [1.807, 2.05) is 0 Å². The quantitative estimate of drug-likeness (QED) is 0.356. The zero-order chi connectivity index (χ0) is 24.6. The van der Waals surface area contributed by atoms with Crippen LogP contribution in [0, 0.1) is 0 Å². The SMILES string of the molecule is CC(C)c1nnc2c(Nc3ccc(C(=O)O)c(Cl)c3)nc(NC3CCCCC3N)n(C(C)C)c1-2.